The number of rotatable bonds is 6. The maximum atomic E-state index is 13.1. The van der Waals surface area contributed by atoms with Crippen LogP contribution in [-0.4, -0.2) is 36.5 Å². The number of ether oxygens (including phenoxy) is 1. The van der Waals surface area contributed by atoms with Crippen molar-refractivity contribution >= 4 is 11.9 Å². The summed E-state index contributed by atoms with van der Waals surface area (Å²) in [5, 5.41) is 3.07. The van der Waals surface area contributed by atoms with Gasteiger partial charge in [-0.3, -0.25) is 9.69 Å². The van der Waals surface area contributed by atoms with Gasteiger partial charge in [0.15, 0.2) is 0 Å². The zero-order chi connectivity index (χ0) is 20.1. The fourth-order valence-electron chi connectivity index (χ4n) is 3.56. The number of carbonyl (C=O) groups is 2. The molecule has 1 fully saturated rings. The molecule has 1 aliphatic heterocycles. The number of nitrogens with one attached hydrogen (secondary N) is 1. The molecule has 1 N–H and O–H groups in total. The van der Waals surface area contributed by atoms with Crippen molar-refractivity contribution in [2.75, 3.05) is 13.7 Å². The summed E-state index contributed by atoms with van der Waals surface area (Å²) >= 11 is 0. The van der Waals surface area contributed by atoms with E-state index in [-0.39, 0.29) is 29.8 Å². The SMILES string of the molecule is COC(=O)c1ccc([C@H](C)NC(=O)C2CCCN2Cc2ccc(F)cc2)cc1. The van der Waals surface area contributed by atoms with Crippen LogP contribution in [0.4, 0.5) is 4.39 Å². The zero-order valence-electron chi connectivity index (χ0n) is 16.2. The lowest BCUT2D eigenvalue weighted by atomic mass is 10.1. The molecule has 2 aromatic carbocycles. The van der Waals surface area contributed by atoms with Gasteiger partial charge < -0.3 is 10.1 Å². The van der Waals surface area contributed by atoms with Gasteiger partial charge in [-0.2, -0.15) is 0 Å². The van der Waals surface area contributed by atoms with E-state index in [0.717, 1.165) is 30.5 Å². The van der Waals surface area contributed by atoms with E-state index >= 15 is 0 Å². The molecule has 148 valence electrons. The third-order valence-corrected chi connectivity index (χ3v) is 5.16. The van der Waals surface area contributed by atoms with Crippen LogP contribution in [0.3, 0.4) is 0 Å². The second kappa shape index (κ2) is 8.97. The predicted molar refractivity (Wildman–Crippen MR) is 104 cm³/mol. The molecule has 1 amide bonds. The Bertz CT molecular complexity index is 821. The van der Waals surface area contributed by atoms with Crippen LogP contribution in [0, 0.1) is 5.82 Å². The van der Waals surface area contributed by atoms with E-state index in [4.69, 9.17) is 4.74 Å². The summed E-state index contributed by atoms with van der Waals surface area (Å²) in [4.78, 5) is 26.5. The van der Waals surface area contributed by atoms with Crippen LogP contribution in [-0.2, 0) is 16.1 Å². The van der Waals surface area contributed by atoms with E-state index in [1.54, 1.807) is 24.3 Å². The maximum Gasteiger partial charge on any atom is 0.337 e. The average molecular weight is 384 g/mol. The smallest absolute Gasteiger partial charge is 0.337 e. The molecular weight excluding hydrogens is 359 g/mol. The number of hydrogen-bond acceptors (Lipinski definition) is 4. The Hall–Kier alpha value is -2.73. The normalized spacial score (nSPS) is 17.9. The summed E-state index contributed by atoms with van der Waals surface area (Å²) in [5.41, 5.74) is 2.39. The minimum absolute atomic E-state index is 0.0100. The fourth-order valence-corrected chi connectivity index (χ4v) is 3.56. The van der Waals surface area contributed by atoms with Gasteiger partial charge in [-0.15, -0.1) is 0 Å². The van der Waals surface area contributed by atoms with Gasteiger partial charge in [0.25, 0.3) is 0 Å². The minimum Gasteiger partial charge on any atom is -0.465 e. The van der Waals surface area contributed by atoms with E-state index in [0.29, 0.717) is 12.1 Å². The third kappa shape index (κ3) is 4.75. The molecule has 2 atom stereocenters. The molecule has 1 saturated heterocycles. The molecule has 2 aromatic rings. The van der Waals surface area contributed by atoms with Crippen molar-refractivity contribution in [2.24, 2.45) is 0 Å². The van der Waals surface area contributed by atoms with Crippen molar-refractivity contribution in [3.8, 4) is 0 Å². The standard InChI is InChI=1S/C22H25FN2O3/c1-15(17-7-9-18(10-8-17)22(27)28-2)24-21(26)20-4-3-13-25(20)14-16-5-11-19(23)12-6-16/h5-12,15,20H,3-4,13-14H2,1-2H3,(H,24,26)/t15-,20?/m0/s1. The molecule has 5 nitrogen and oxygen atoms in total. The minimum atomic E-state index is -0.384. The molecular formula is C22H25FN2O3. The lowest BCUT2D eigenvalue weighted by Crippen LogP contribution is -2.43. The number of halogens is 1. The van der Waals surface area contributed by atoms with Gasteiger partial charge in [-0.25, -0.2) is 9.18 Å². The summed E-state index contributed by atoms with van der Waals surface area (Å²) in [6, 6.07) is 13.1. The van der Waals surface area contributed by atoms with Crippen molar-refractivity contribution in [2.45, 2.75) is 38.4 Å². The van der Waals surface area contributed by atoms with Crippen molar-refractivity contribution in [1.82, 2.24) is 10.2 Å². The summed E-state index contributed by atoms with van der Waals surface area (Å²) in [5.74, 6) is -0.652. The first kappa shape index (κ1) is 20.0. The topological polar surface area (TPSA) is 58.6 Å². The van der Waals surface area contributed by atoms with Gasteiger partial charge >= 0.3 is 5.97 Å². The number of esters is 1. The third-order valence-electron chi connectivity index (χ3n) is 5.16. The number of likely N-dealkylation sites (tertiary alicyclic amines) is 1. The maximum absolute atomic E-state index is 13.1. The molecule has 0 spiro atoms. The van der Waals surface area contributed by atoms with Crippen molar-refractivity contribution in [1.29, 1.82) is 0 Å². The van der Waals surface area contributed by atoms with E-state index in [1.807, 2.05) is 19.1 Å². The van der Waals surface area contributed by atoms with Crippen molar-refractivity contribution in [3.05, 3.63) is 71.0 Å². The largest absolute Gasteiger partial charge is 0.465 e. The quantitative estimate of drug-likeness (QED) is 0.775. The highest BCUT2D eigenvalue weighted by molar-refractivity contribution is 5.89. The molecule has 0 aromatic heterocycles. The molecule has 1 unspecified atom stereocenters. The second-order valence-corrected chi connectivity index (χ2v) is 7.10. The Labute approximate surface area is 164 Å². The average Bonchev–Trinajstić information content (AvgIpc) is 3.17. The van der Waals surface area contributed by atoms with Crippen LogP contribution in [0.25, 0.3) is 0 Å². The molecule has 1 heterocycles. The van der Waals surface area contributed by atoms with Crippen LogP contribution < -0.4 is 5.32 Å². The zero-order valence-corrected chi connectivity index (χ0v) is 16.2. The molecule has 0 aliphatic carbocycles. The Kier molecular flexibility index (Phi) is 6.41. The Morgan fingerprint density at radius 1 is 1.18 bits per heavy atom. The lowest BCUT2D eigenvalue weighted by molar-refractivity contribution is -0.126. The van der Waals surface area contributed by atoms with Crippen LogP contribution >= 0.6 is 0 Å². The number of methoxy groups -OCH3 is 1. The van der Waals surface area contributed by atoms with Crippen LogP contribution in [0.5, 0.6) is 0 Å². The number of carbonyl (C=O) groups excluding carboxylic acids is 2. The number of hydrogen-bond donors (Lipinski definition) is 1. The van der Waals surface area contributed by atoms with E-state index in [2.05, 4.69) is 10.2 Å². The molecule has 0 saturated carbocycles. The summed E-state index contributed by atoms with van der Waals surface area (Å²) in [7, 11) is 1.35. The van der Waals surface area contributed by atoms with Gasteiger partial charge in [-0.1, -0.05) is 24.3 Å². The number of amides is 1. The molecule has 1 aliphatic rings. The summed E-state index contributed by atoms with van der Waals surface area (Å²) < 4.78 is 17.8. The highest BCUT2D eigenvalue weighted by Gasteiger charge is 2.31. The van der Waals surface area contributed by atoms with E-state index in [9.17, 15) is 14.0 Å². The molecule has 0 bridgehead atoms. The molecule has 28 heavy (non-hydrogen) atoms. The number of benzene rings is 2. The molecule has 0 radical (unpaired) electrons. The first-order valence-electron chi connectivity index (χ1n) is 9.45. The van der Waals surface area contributed by atoms with Crippen molar-refractivity contribution < 1.29 is 18.7 Å². The molecule has 3 rings (SSSR count). The van der Waals surface area contributed by atoms with Crippen LogP contribution in [0.15, 0.2) is 48.5 Å². The van der Waals surface area contributed by atoms with E-state index in [1.165, 1.54) is 19.2 Å². The highest BCUT2D eigenvalue weighted by atomic mass is 19.1. The van der Waals surface area contributed by atoms with Gasteiger partial charge in [0.2, 0.25) is 5.91 Å². The van der Waals surface area contributed by atoms with Gasteiger partial charge in [-0.05, 0) is 61.7 Å². The van der Waals surface area contributed by atoms with Gasteiger partial charge in [0, 0.05) is 6.54 Å². The predicted octanol–water partition coefficient (Wildman–Crippen LogP) is 3.45. The van der Waals surface area contributed by atoms with Crippen LogP contribution in [0.1, 0.15) is 47.3 Å². The van der Waals surface area contributed by atoms with Crippen molar-refractivity contribution in [3.63, 3.8) is 0 Å². The van der Waals surface area contributed by atoms with Gasteiger partial charge in [0.1, 0.15) is 5.82 Å². The highest BCUT2D eigenvalue weighted by Crippen LogP contribution is 2.22. The number of nitrogens with zero attached hydrogens (tertiary/aromatic N) is 1. The Balaban J connectivity index is 1.60. The van der Waals surface area contributed by atoms with Gasteiger partial charge in [0.05, 0.1) is 24.8 Å². The summed E-state index contributed by atoms with van der Waals surface area (Å²) in [6.07, 6.45) is 1.77. The summed E-state index contributed by atoms with van der Waals surface area (Å²) in [6.45, 7) is 3.39. The first-order valence-corrected chi connectivity index (χ1v) is 9.45. The Morgan fingerprint density at radius 2 is 1.86 bits per heavy atom. The first-order chi connectivity index (χ1) is 13.5. The Morgan fingerprint density at radius 3 is 2.50 bits per heavy atom. The molecule has 6 heteroatoms. The monoisotopic (exact) mass is 384 g/mol. The van der Waals surface area contributed by atoms with E-state index < -0.39 is 0 Å². The van der Waals surface area contributed by atoms with Crippen LogP contribution in [0.2, 0.25) is 0 Å². The second-order valence-electron chi connectivity index (χ2n) is 7.10. The fraction of sp³-hybridized carbons (Fsp3) is 0.364. The lowest BCUT2D eigenvalue weighted by Gasteiger charge is -2.25.